The Labute approximate surface area is 59.0 Å². The number of carbonyl (C=O) groups excluding carboxylic acids is 1. The summed E-state index contributed by atoms with van der Waals surface area (Å²) >= 11 is 0. The van der Waals surface area contributed by atoms with Crippen molar-refractivity contribution in [2.45, 2.75) is 18.9 Å². The molecule has 1 rings (SSSR count). The second-order valence-corrected chi connectivity index (χ2v) is 2.50. The highest BCUT2D eigenvalue weighted by atomic mass is 16.6. The van der Waals surface area contributed by atoms with Crippen molar-refractivity contribution in [3.05, 3.63) is 0 Å². The maximum Gasteiger partial charge on any atom is 0.404 e. The van der Waals surface area contributed by atoms with E-state index >= 15 is 0 Å². The van der Waals surface area contributed by atoms with Gasteiger partial charge in [0, 0.05) is 0 Å². The quantitative estimate of drug-likeness (QED) is 0.580. The average Bonchev–Trinajstić information content (AvgIpc) is 2.63. The fourth-order valence-corrected chi connectivity index (χ4v) is 0.900. The van der Waals surface area contributed by atoms with E-state index in [4.69, 9.17) is 10.8 Å². The topological polar surface area (TPSA) is 72.6 Å². The third kappa shape index (κ3) is 1.88. The van der Waals surface area contributed by atoms with Crippen LogP contribution in [-0.2, 0) is 4.74 Å². The van der Waals surface area contributed by atoms with Crippen LogP contribution in [0.5, 0.6) is 0 Å². The van der Waals surface area contributed by atoms with E-state index in [0.717, 1.165) is 12.8 Å². The van der Waals surface area contributed by atoms with Crippen LogP contribution in [0.4, 0.5) is 4.79 Å². The fourth-order valence-electron chi connectivity index (χ4n) is 0.900. The molecular weight excluding hydrogens is 134 g/mol. The number of hydrogen-bond acceptors (Lipinski definition) is 3. The van der Waals surface area contributed by atoms with Gasteiger partial charge in [0.25, 0.3) is 0 Å². The summed E-state index contributed by atoms with van der Waals surface area (Å²) in [4.78, 5) is 10.2. The lowest BCUT2D eigenvalue weighted by Gasteiger charge is -2.11. The van der Waals surface area contributed by atoms with Crippen molar-refractivity contribution in [1.82, 2.24) is 0 Å². The minimum atomic E-state index is -0.800. The van der Waals surface area contributed by atoms with Gasteiger partial charge in [0.15, 0.2) is 0 Å². The number of primary amides is 1. The first-order valence-corrected chi connectivity index (χ1v) is 3.31. The molecule has 3 N–H and O–H groups in total. The van der Waals surface area contributed by atoms with E-state index in [-0.39, 0.29) is 12.7 Å². The molecule has 0 aromatic heterocycles. The summed E-state index contributed by atoms with van der Waals surface area (Å²) in [6.45, 7) is -0.117. The molecule has 4 nitrogen and oxygen atoms in total. The predicted molar refractivity (Wildman–Crippen MR) is 34.3 cm³/mol. The molecule has 0 bridgehead atoms. The molecule has 10 heavy (non-hydrogen) atoms. The van der Waals surface area contributed by atoms with Gasteiger partial charge in [-0.3, -0.25) is 0 Å². The second-order valence-electron chi connectivity index (χ2n) is 2.50. The predicted octanol–water partition coefficient (Wildman–Crippen LogP) is -0.147. The zero-order valence-electron chi connectivity index (χ0n) is 5.62. The van der Waals surface area contributed by atoms with Crippen molar-refractivity contribution in [3.63, 3.8) is 0 Å². The van der Waals surface area contributed by atoms with Gasteiger partial charge in [0.05, 0.1) is 6.61 Å². The monoisotopic (exact) mass is 145 g/mol. The maximum absolute atomic E-state index is 10.2. The van der Waals surface area contributed by atoms with E-state index in [1.807, 2.05) is 0 Å². The van der Waals surface area contributed by atoms with Crippen molar-refractivity contribution < 1.29 is 14.6 Å². The summed E-state index contributed by atoms with van der Waals surface area (Å²) in [6.07, 6.45) is 0.889. The van der Waals surface area contributed by atoms with Crippen molar-refractivity contribution in [1.29, 1.82) is 0 Å². The van der Waals surface area contributed by atoms with Crippen molar-refractivity contribution in [2.24, 2.45) is 11.7 Å². The molecule has 1 atom stereocenters. The van der Waals surface area contributed by atoms with Crippen LogP contribution >= 0.6 is 0 Å². The molecule has 0 saturated heterocycles. The number of nitrogens with two attached hydrogens (primary N) is 1. The lowest BCUT2D eigenvalue weighted by atomic mass is 10.2. The van der Waals surface area contributed by atoms with Gasteiger partial charge in [0.1, 0.15) is 6.10 Å². The SMILES string of the molecule is NC(=O)OC(CO)C1CC1. The lowest BCUT2D eigenvalue weighted by Crippen LogP contribution is -2.27. The van der Waals surface area contributed by atoms with Gasteiger partial charge < -0.3 is 15.6 Å². The average molecular weight is 145 g/mol. The highest BCUT2D eigenvalue weighted by molar-refractivity contribution is 5.64. The molecular formula is C6H11NO3. The van der Waals surface area contributed by atoms with Gasteiger partial charge in [-0.1, -0.05) is 0 Å². The molecule has 1 aliphatic rings. The minimum Gasteiger partial charge on any atom is -0.444 e. The van der Waals surface area contributed by atoms with Crippen molar-refractivity contribution >= 4 is 6.09 Å². The van der Waals surface area contributed by atoms with Gasteiger partial charge >= 0.3 is 6.09 Å². The highest BCUT2D eigenvalue weighted by Crippen LogP contribution is 2.33. The fraction of sp³-hybridized carbons (Fsp3) is 0.833. The molecule has 1 aliphatic carbocycles. The summed E-state index contributed by atoms with van der Waals surface area (Å²) in [5.74, 6) is 0.345. The van der Waals surface area contributed by atoms with E-state index in [1.165, 1.54) is 0 Å². The van der Waals surface area contributed by atoms with Crippen LogP contribution in [0, 0.1) is 5.92 Å². The van der Waals surface area contributed by atoms with Crippen LogP contribution in [0.25, 0.3) is 0 Å². The highest BCUT2D eigenvalue weighted by Gasteiger charge is 2.32. The molecule has 1 fully saturated rings. The number of carbonyl (C=O) groups is 1. The molecule has 0 radical (unpaired) electrons. The van der Waals surface area contributed by atoms with Gasteiger partial charge in [-0.15, -0.1) is 0 Å². The normalized spacial score (nSPS) is 20.1. The Kier molecular flexibility index (Phi) is 2.11. The number of aliphatic hydroxyl groups is 1. The Bertz CT molecular complexity index is 133. The Morgan fingerprint density at radius 3 is 2.70 bits per heavy atom. The first kappa shape index (κ1) is 7.34. The van der Waals surface area contributed by atoms with Crippen LogP contribution in [0.2, 0.25) is 0 Å². The summed E-state index contributed by atoms with van der Waals surface area (Å²) < 4.78 is 4.61. The van der Waals surface area contributed by atoms with Gasteiger partial charge in [-0.2, -0.15) is 0 Å². The summed E-state index contributed by atoms with van der Waals surface area (Å²) in [6, 6.07) is 0. The number of hydrogen-bond donors (Lipinski definition) is 2. The molecule has 0 heterocycles. The van der Waals surface area contributed by atoms with E-state index in [1.54, 1.807) is 0 Å². The number of rotatable bonds is 3. The van der Waals surface area contributed by atoms with Crippen LogP contribution in [0.3, 0.4) is 0 Å². The van der Waals surface area contributed by atoms with E-state index < -0.39 is 6.09 Å². The maximum atomic E-state index is 10.2. The Balaban J connectivity index is 2.25. The van der Waals surface area contributed by atoms with E-state index in [0.29, 0.717) is 5.92 Å². The molecule has 58 valence electrons. The van der Waals surface area contributed by atoms with Crippen molar-refractivity contribution in [3.8, 4) is 0 Å². The number of ether oxygens (including phenoxy) is 1. The third-order valence-corrected chi connectivity index (χ3v) is 1.60. The van der Waals surface area contributed by atoms with Crippen LogP contribution < -0.4 is 5.73 Å². The van der Waals surface area contributed by atoms with Gasteiger partial charge in [-0.05, 0) is 18.8 Å². The lowest BCUT2D eigenvalue weighted by molar-refractivity contribution is 0.0507. The number of amides is 1. The molecule has 0 aliphatic heterocycles. The smallest absolute Gasteiger partial charge is 0.404 e. The van der Waals surface area contributed by atoms with E-state index in [2.05, 4.69) is 4.74 Å². The van der Waals surface area contributed by atoms with Crippen LogP contribution in [0.15, 0.2) is 0 Å². The van der Waals surface area contributed by atoms with Crippen LogP contribution in [0.1, 0.15) is 12.8 Å². The first-order chi connectivity index (χ1) is 4.74. The Morgan fingerprint density at radius 1 is 1.80 bits per heavy atom. The molecule has 0 spiro atoms. The largest absolute Gasteiger partial charge is 0.444 e. The molecule has 1 saturated carbocycles. The minimum absolute atomic E-state index is 0.117. The zero-order chi connectivity index (χ0) is 7.56. The van der Waals surface area contributed by atoms with Gasteiger partial charge in [-0.25, -0.2) is 4.79 Å². The third-order valence-electron chi connectivity index (χ3n) is 1.60. The molecule has 0 aromatic rings. The van der Waals surface area contributed by atoms with E-state index in [9.17, 15) is 4.79 Å². The summed E-state index contributed by atoms with van der Waals surface area (Å²) in [5, 5.41) is 8.65. The zero-order valence-corrected chi connectivity index (χ0v) is 5.62. The molecule has 4 heteroatoms. The van der Waals surface area contributed by atoms with Crippen LogP contribution in [-0.4, -0.2) is 23.9 Å². The molecule has 0 aromatic carbocycles. The molecule has 1 amide bonds. The van der Waals surface area contributed by atoms with Gasteiger partial charge in [0.2, 0.25) is 0 Å². The summed E-state index contributed by atoms with van der Waals surface area (Å²) in [5.41, 5.74) is 4.76. The standard InChI is InChI=1S/C6H11NO3/c7-6(9)10-5(3-8)4-1-2-4/h4-5,8H,1-3H2,(H2,7,9). The second kappa shape index (κ2) is 2.88. The number of aliphatic hydroxyl groups excluding tert-OH is 1. The first-order valence-electron chi connectivity index (χ1n) is 3.31. The summed E-state index contributed by atoms with van der Waals surface area (Å²) in [7, 11) is 0. The Hall–Kier alpha value is -0.770. The van der Waals surface area contributed by atoms with Crippen molar-refractivity contribution in [2.75, 3.05) is 6.61 Å². The molecule has 1 unspecified atom stereocenters. The Morgan fingerprint density at radius 2 is 2.40 bits per heavy atom.